The number of nitrogens with two attached hydrogens (primary N) is 1. The number of halogens is 1. The first-order valence-corrected chi connectivity index (χ1v) is 9.80. The van der Waals surface area contributed by atoms with Gasteiger partial charge in [0.05, 0.1) is 6.54 Å². The van der Waals surface area contributed by atoms with E-state index in [0.29, 0.717) is 6.04 Å². The zero-order valence-electron chi connectivity index (χ0n) is 16.3. The highest BCUT2D eigenvalue weighted by atomic mass is 35.5. The Bertz CT molecular complexity index is 804. The van der Waals surface area contributed by atoms with Crippen molar-refractivity contribution in [3.05, 3.63) is 60.5 Å². The Morgan fingerprint density at radius 3 is 2.74 bits per heavy atom. The number of aromatic nitrogens is 3. The SMILES string of the molecule is CC1=CC=CCN1.CCl.CN(/C=C\N)Cc1nc2cccnc2n1C1CC1. The van der Waals surface area contributed by atoms with E-state index >= 15 is 0 Å². The van der Waals surface area contributed by atoms with Gasteiger partial charge in [0, 0.05) is 50.3 Å². The third kappa shape index (κ3) is 6.03. The maximum Gasteiger partial charge on any atom is 0.160 e. The van der Waals surface area contributed by atoms with E-state index in [0.717, 1.165) is 30.1 Å². The molecule has 27 heavy (non-hydrogen) atoms. The van der Waals surface area contributed by atoms with Gasteiger partial charge in [0.25, 0.3) is 0 Å². The van der Waals surface area contributed by atoms with Gasteiger partial charge < -0.3 is 20.5 Å². The van der Waals surface area contributed by atoms with Crippen molar-refractivity contribution in [2.45, 2.75) is 32.4 Å². The Kier molecular flexibility index (Phi) is 8.20. The lowest BCUT2D eigenvalue weighted by Crippen LogP contribution is -2.15. The van der Waals surface area contributed by atoms with Crippen molar-refractivity contribution in [3.8, 4) is 0 Å². The zero-order chi connectivity index (χ0) is 19.6. The third-order valence-electron chi connectivity index (χ3n) is 4.15. The number of pyridine rings is 1. The van der Waals surface area contributed by atoms with Gasteiger partial charge in [-0.1, -0.05) is 12.2 Å². The standard InChI is InChI=1S/C13H17N5.C6H9N.CH3Cl/c1-17(8-6-14)9-12-16-11-3-2-7-15-13(11)18(12)10-4-5-10;1-6-4-2-3-5-7-6;1-2/h2-3,6-8,10H,4-5,9,14H2,1H3;2-4,7H,5H2,1H3;1H3/b8-6-;;. The summed E-state index contributed by atoms with van der Waals surface area (Å²) in [6.45, 7) is 3.80. The molecule has 1 aliphatic heterocycles. The second-order valence-corrected chi connectivity index (χ2v) is 6.39. The van der Waals surface area contributed by atoms with Crippen LogP contribution < -0.4 is 11.1 Å². The normalized spacial score (nSPS) is 15.3. The number of nitrogens with zero attached hydrogens (tertiary/aromatic N) is 4. The fourth-order valence-corrected chi connectivity index (χ4v) is 2.79. The molecule has 0 bridgehead atoms. The number of hydrogen-bond donors (Lipinski definition) is 2. The van der Waals surface area contributed by atoms with Crippen LogP contribution in [-0.2, 0) is 6.54 Å². The highest BCUT2D eigenvalue weighted by Crippen LogP contribution is 2.38. The van der Waals surface area contributed by atoms with E-state index in [1.807, 2.05) is 36.5 Å². The number of hydrogen-bond acceptors (Lipinski definition) is 5. The maximum atomic E-state index is 5.41. The molecule has 1 saturated carbocycles. The van der Waals surface area contributed by atoms with Gasteiger partial charge in [-0.05, 0) is 38.0 Å². The summed E-state index contributed by atoms with van der Waals surface area (Å²) in [4.78, 5) is 11.2. The van der Waals surface area contributed by atoms with Gasteiger partial charge in [-0.15, -0.1) is 11.6 Å². The van der Waals surface area contributed by atoms with E-state index in [-0.39, 0.29) is 0 Å². The molecule has 146 valence electrons. The van der Waals surface area contributed by atoms with Gasteiger partial charge in [0.15, 0.2) is 5.65 Å². The van der Waals surface area contributed by atoms with Crippen molar-refractivity contribution in [1.29, 1.82) is 0 Å². The van der Waals surface area contributed by atoms with E-state index in [4.69, 9.17) is 5.73 Å². The van der Waals surface area contributed by atoms with Crippen LogP contribution in [0, 0.1) is 0 Å². The monoisotopic (exact) mass is 388 g/mol. The minimum Gasteiger partial charge on any atom is -0.403 e. The Morgan fingerprint density at radius 2 is 2.19 bits per heavy atom. The lowest BCUT2D eigenvalue weighted by atomic mass is 10.3. The van der Waals surface area contributed by atoms with E-state index in [1.54, 1.807) is 6.20 Å². The summed E-state index contributed by atoms with van der Waals surface area (Å²) < 4.78 is 2.27. The number of nitrogens with one attached hydrogen (secondary N) is 1. The van der Waals surface area contributed by atoms with Gasteiger partial charge in [-0.3, -0.25) is 0 Å². The van der Waals surface area contributed by atoms with Crippen molar-refractivity contribution >= 4 is 22.8 Å². The van der Waals surface area contributed by atoms with E-state index in [2.05, 4.69) is 56.6 Å². The van der Waals surface area contributed by atoms with Crippen LogP contribution in [0.1, 0.15) is 31.6 Å². The molecule has 1 fully saturated rings. The Labute approximate surface area is 166 Å². The minimum absolute atomic E-state index is 0.579. The summed E-state index contributed by atoms with van der Waals surface area (Å²) >= 11 is 4.64. The first-order chi connectivity index (χ1) is 13.2. The molecule has 6 nitrogen and oxygen atoms in total. The molecular weight excluding hydrogens is 360 g/mol. The number of alkyl halides is 1. The Morgan fingerprint density at radius 1 is 1.41 bits per heavy atom. The van der Waals surface area contributed by atoms with Crippen LogP contribution in [0.15, 0.2) is 54.7 Å². The average molecular weight is 389 g/mol. The number of rotatable bonds is 4. The molecule has 0 atom stereocenters. The molecule has 2 aromatic rings. The summed E-state index contributed by atoms with van der Waals surface area (Å²) in [5.41, 5.74) is 8.64. The fourth-order valence-electron chi connectivity index (χ4n) is 2.79. The first kappa shape index (κ1) is 20.8. The molecule has 1 aliphatic carbocycles. The summed E-state index contributed by atoms with van der Waals surface area (Å²) in [5.74, 6) is 1.06. The van der Waals surface area contributed by atoms with Crippen molar-refractivity contribution in [2.24, 2.45) is 5.73 Å². The van der Waals surface area contributed by atoms with Crippen LogP contribution in [0.25, 0.3) is 11.2 Å². The number of allylic oxidation sites excluding steroid dienone is 3. The molecule has 0 unspecified atom stereocenters. The van der Waals surface area contributed by atoms with Crippen LogP contribution >= 0.6 is 11.6 Å². The fraction of sp³-hybridized carbons (Fsp3) is 0.400. The van der Waals surface area contributed by atoms with Crippen molar-refractivity contribution < 1.29 is 0 Å². The lowest BCUT2D eigenvalue weighted by molar-refractivity contribution is 0.424. The molecule has 3 N–H and O–H groups in total. The maximum absolute atomic E-state index is 5.41. The minimum atomic E-state index is 0.579. The molecule has 0 amide bonds. The summed E-state index contributed by atoms with van der Waals surface area (Å²) in [6.07, 6.45) is 15.4. The first-order valence-electron chi connectivity index (χ1n) is 9.04. The van der Waals surface area contributed by atoms with Crippen LogP contribution in [0.2, 0.25) is 0 Å². The Balaban J connectivity index is 0.000000244. The van der Waals surface area contributed by atoms with Gasteiger partial charge >= 0.3 is 0 Å². The molecule has 7 heteroatoms. The smallest absolute Gasteiger partial charge is 0.160 e. The van der Waals surface area contributed by atoms with Crippen molar-refractivity contribution in [2.75, 3.05) is 20.0 Å². The quantitative estimate of drug-likeness (QED) is 0.784. The molecule has 0 saturated heterocycles. The summed E-state index contributed by atoms with van der Waals surface area (Å²) in [7, 11) is 1.99. The number of fused-ring (bicyclic) bond motifs is 1. The highest BCUT2D eigenvalue weighted by Gasteiger charge is 2.28. The molecule has 0 spiro atoms. The second-order valence-electron chi connectivity index (χ2n) is 6.39. The van der Waals surface area contributed by atoms with Crippen molar-refractivity contribution in [1.82, 2.24) is 24.8 Å². The van der Waals surface area contributed by atoms with Crippen LogP contribution in [0.5, 0.6) is 0 Å². The summed E-state index contributed by atoms with van der Waals surface area (Å²) in [6, 6.07) is 4.53. The van der Waals surface area contributed by atoms with Gasteiger partial charge in [-0.25, -0.2) is 9.97 Å². The zero-order valence-corrected chi connectivity index (χ0v) is 17.0. The topological polar surface area (TPSA) is 72.0 Å². The predicted octanol–water partition coefficient (Wildman–Crippen LogP) is 3.53. The van der Waals surface area contributed by atoms with E-state index in [9.17, 15) is 0 Å². The molecule has 0 aromatic carbocycles. The van der Waals surface area contributed by atoms with Crippen LogP contribution in [-0.4, -0.2) is 39.4 Å². The largest absolute Gasteiger partial charge is 0.403 e. The average Bonchev–Trinajstić information content (AvgIpc) is 3.45. The number of imidazole rings is 1. The second kappa shape index (κ2) is 10.6. The third-order valence-corrected chi connectivity index (χ3v) is 4.15. The van der Waals surface area contributed by atoms with Crippen LogP contribution in [0.4, 0.5) is 0 Å². The predicted molar refractivity (Wildman–Crippen MR) is 113 cm³/mol. The van der Waals surface area contributed by atoms with Crippen LogP contribution in [0.3, 0.4) is 0 Å². The molecule has 4 rings (SSSR count). The van der Waals surface area contributed by atoms with Gasteiger partial charge in [0.2, 0.25) is 0 Å². The van der Waals surface area contributed by atoms with Crippen molar-refractivity contribution in [3.63, 3.8) is 0 Å². The molecular formula is C20H29ClN6. The Hall–Kier alpha value is -2.47. The van der Waals surface area contributed by atoms with E-state index < -0.39 is 0 Å². The lowest BCUT2D eigenvalue weighted by Gasteiger charge is -2.14. The molecule has 0 radical (unpaired) electrons. The number of dihydropyridines is 1. The van der Waals surface area contributed by atoms with E-state index in [1.165, 1.54) is 24.9 Å². The molecule has 2 aromatic heterocycles. The summed E-state index contributed by atoms with van der Waals surface area (Å²) in [5, 5.41) is 3.16. The molecule has 2 aliphatic rings. The van der Waals surface area contributed by atoms with Gasteiger partial charge in [-0.2, -0.15) is 0 Å². The van der Waals surface area contributed by atoms with Gasteiger partial charge in [0.1, 0.15) is 11.3 Å². The highest BCUT2D eigenvalue weighted by molar-refractivity contribution is 6.15. The molecule has 3 heterocycles.